The van der Waals surface area contributed by atoms with Gasteiger partial charge in [-0.05, 0) is 54.9 Å². The first kappa shape index (κ1) is 23.0. The van der Waals surface area contributed by atoms with Gasteiger partial charge in [0, 0.05) is 24.8 Å². The largest absolute Gasteiger partial charge is 0.355 e. The lowest BCUT2D eigenvalue weighted by Gasteiger charge is -2.19. The van der Waals surface area contributed by atoms with Crippen LogP contribution in [0.5, 0.6) is 0 Å². The van der Waals surface area contributed by atoms with Crippen LogP contribution in [-0.2, 0) is 20.8 Å². The van der Waals surface area contributed by atoms with Gasteiger partial charge in [0.2, 0.25) is 17.7 Å². The number of halogens is 1. The Kier molecular flexibility index (Phi) is 8.96. The van der Waals surface area contributed by atoms with E-state index in [4.69, 9.17) is 0 Å². The lowest BCUT2D eigenvalue weighted by atomic mass is 10.1. The summed E-state index contributed by atoms with van der Waals surface area (Å²) in [7, 11) is 0. The number of hydrogen-bond donors (Lipinski definition) is 3. The lowest BCUT2D eigenvalue weighted by molar-refractivity contribution is -0.123. The zero-order valence-electron chi connectivity index (χ0n) is 17.2. The fourth-order valence-electron chi connectivity index (χ4n) is 2.78. The van der Waals surface area contributed by atoms with Crippen molar-refractivity contribution in [3.63, 3.8) is 0 Å². The number of rotatable bonds is 10. The number of nitrogens with one attached hydrogen (secondary N) is 3. The fraction of sp³-hybridized carbons (Fsp3) is 0.318. The molecule has 7 nitrogen and oxygen atoms in total. The molecule has 0 atom stereocenters. The van der Waals surface area contributed by atoms with Gasteiger partial charge in [0.25, 0.3) is 0 Å². The molecule has 2 rings (SSSR count). The maximum Gasteiger partial charge on any atom is 0.238 e. The van der Waals surface area contributed by atoms with E-state index in [0.717, 1.165) is 5.56 Å². The summed E-state index contributed by atoms with van der Waals surface area (Å²) in [5, 5.41) is 8.25. The summed E-state index contributed by atoms with van der Waals surface area (Å²) in [6.07, 6.45) is 0.604. The van der Waals surface area contributed by atoms with Gasteiger partial charge in [-0.3, -0.25) is 19.3 Å². The first-order valence-electron chi connectivity index (χ1n) is 9.76. The van der Waals surface area contributed by atoms with Crippen molar-refractivity contribution in [2.45, 2.75) is 20.3 Å². The third kappa shape index (κ3) is 8.40. The number of carbonyl (C=O) groups is 3. The minimum Gasteiger partial charge on any atom is -0.355 e. The zero-order chi connectivity index (χ0) is 21.9. The minimum atomic E-state index is -0.289. The maximum absolute atomic E-state index is 12.9. The van der Waals surface area contributed by atoms with E-state index in [1.807, 2.05) is 6.92 Å². The molecule has 0 bridgehead atoms. The molecule has 0 aliphatic heterocycles. The van der Waals surface area contributed by atoms with Gasteiger partial charge < -0.3 is 16.0 Å². The van der Waals surface area contributed by atoms with Gasteiger partial charge >= 0.3 is 0 Å². The lowest BCUT2D eigenvalue weighted by Crippen LogP contribution is -2.41. The molecule has 0 spiro atoms. The highest BCUT2D eigenvalue weighted by atomic mass is 19.1. The Morgan fingerprint density at radius 2 is 1.43 bits per heavy atom. The molecule has 30 heavy (non-hydrogen) atoms. The van der Waals surface area contributed by atoms with Crippen LogP contribution in [0.1, 0.15) is 19.4 Å². The normalized spacial score (nSPS) is 10.5. The third-order valence-electron chi connectivity index (χ3n) is 4.32. The van der Waals surface area contributed by atoms with E-state index in [2.05, 4.69) is 16.0 Å². The molecule has 3 N–H and O–H groups in total. The van der Waals surface area contributed by atoms with Crippen molar-refractivity contribution in [2.24, 2.45) is 0 Å². The first-order chi connectivity index (χ1) is 14.4. The second-order valence-electron chi connectivity index (χ2n) is 6.84. The fourth-order valence-corrected chi connectivity index (χ4v) is 2.78. The molecule has 0 aliphatic carbocycles. The summed E-state index contributed by atoms with van der Waals surface area (Å²) in [5.74, 6) is -0.862. The van der Waals surface area contributed by atoms with Crippen LogP contribution in [-0.4, -0.2) is 48.8 Å². The zero-order valence-corrected chi connectivity index (χ0v) is 17.2. The van der Waals surface area contributed by atoms with Gasteiger partial charge in [-0.1, -0.05) is 19.1 Å². The van der Waals surface area contributed by atoms with Crippen molar-refractivity contribution in [1.29, 1.82) is 0 Å². The van der Waals surface area contributed by atoms with Crippen LogP contribution in [0.4, 0.5) is 15.8 Å². The molecule has 8 heteroatoms. The van der Waals surface area contributed by atoms with Gasteiger partial charge in [-0.2, -0.15) is 0 Å². The number of carbonyl (C=O) groups excluding carboxylic acids is 3. The second kappa shape index (κ2) is 11.7. The van der Waals surface area contributed by atoms with Crippen LogP contribution in [0.25, 0.3) is 0 Å². The molecule has 2 aromatic carbocycles. The van der Waals surface area contributed by atoms with Crippen LogP contribution < -0.4 is 16.0 Å². The quantitative estimate of drug-likeness (QED) is 0.557. The van der Waals surface area contributed by atoms with Gasteiger partial charge in [0.1, 0.15) is 5.82 Å². The molecular formula is C22H27FN4O3. The summed E-state index contributed by atoms with van der Waals surface area (Å²) in [6.45, 7) is 4.47. The Balaban J connectivity index is 1.74. The smallest absolute Gasteiger partial charge is 0.238 e. The first-order valence-corrected chi connectivity index (χ1v) is 9.76. The summed E-state index contributed by atoms with van der Waals surface area (Å²) in [5.41, 5.74) is 2.19. The number of anilines is 2. The van der Waals surface area contributed by atoms with Crippen LogP contribution in [0.3, 0.4) is 0 Å². The van der Waals surface area contributed by atoms with Crippen molar-refractivity contribution < 1.29 is 18.8 Å². The molecule has 0 radical (unpaired) electrons. The van der Waals surface area contributed by atoms with Crippen LogP contribution >= 0.6 is 0 Å². The highest BCUT2D eigenvalue weighted by Crippen LogP contribution is 2.13. The van der Waals surface area contributed by atoms with E-state index in [0.29, 0.717) is 30.9 Å². The number of hydrogen-bond acceptors (Lipinski definition) is 4. The molecule has 2 aromatic rings. The van der Waals surface area contributed by atoms with Gasteiger partial charge in [-0.25, -0.2) is 4.39 Å². The van der Waals surface area contributed by atoms with E-state index in [1.165, 1.54) is 19.1 Å². The summed E-state index contributed by atoms with van der Waals surface area (Å²) < 4.78 is 12.9. The number of benzene rings is 2. The molecule has 0 heterocycles. The average Bonchev–Trinajstić information content (AvgIpc) is 2.70. The Labute approximate surface area is 175 Å². The van der Waals surface area contributed by atoms with E-state index >= 15 is 0 Å². The van der Waals surface area contributed by atoms with E-state index in [-0.39, 0.29) is 36.6 Å². The molecule has 0 aromatic heterocycles. The summed E-state index contributed by atoms with van der Waals surface area (Å²) >= 11 is 0. The predicted octanol–water partition coefficient (Wildman–Crippen LogP) is 2.40. The second-order valence-corrected chi connectivity index (χ2v) is 6.84. The SMILES string of the molecule is CCN(CC(=O)NCCc1ccc(F)cc1)CC(=O)Nc1ccc(NC(C)=O)cc1. The summed E-state index contributed by atoms with van der Waals surface area (Å²) in [6, 6.07) is 12.9. The molecule has 0 saturated heterocycles. The van der Waals surface area contributed by atoms with Crippen molar-refractivity contribution in [2.75, 3.05) is 36.8 Å². The minimum absolute atomic E-state index is 0.0787. The summed E-state index contributed by atoms with van der Waals surface area (Å²) in [4.78, 5) is 37.2. The van der Waals surface area contributed by atoms with E-state index in [1.54, 1.807) is 41.3 Å². The standard InChI is InChI=1S/C22H27FN4O3/c1-3-27(14-21(29)24-13-12-17-4-6-18(23)7-5-17)15-22(30)26-20-10-8-19(9-11-20)25-16(2)28/h4-11H,3,12-15H2,1-2H3,(H,24,29)(H,25,28)(H,26,30). The average molecular weight is 414 g/mol. The molecule has 0 unspecified atom stereocenters. The van der Waals surface area contributed by atoms with Crippen LogP contribution in [0.15, 0.2) is 48.5 Å². The van der Waals surface area contributed by atoms with Gasteiger partial charge in [0.05, 0.1) is 13.1 Å². The third-order valence-corrected chi connectivity index (χ3v) is 4.32. The number of amides is 3. The van der Waals surface area contributed by atoms with Crippen molar-refractivity contribution >= 4 is 29.1 Å². The molecule has 0 fully saturated rings. The van der Waals surface area contributed by atoms with Crippen molar-refractivity contribution in [1.82, 2.24) is 10.2 Å². The van der Waals surface area contributed by atoms with Crippen molar-refractivity contribution in [3.8, 4) is 0 Å². The van der Waals surface area contributed by atoms with Crippen LogP contribution in [0.2, 0.25) is 0 Å². The predicted molar refractivity (Wildman–Crippen MR) is 115 cm³/mol. The van der Waals surface area contributed by atoms with Crippen LogP contribution in [0, 0.1) is 5.82 Å². The van der Waals surface area contributed by atoms with Gasteiger partial charge in [0.15, 0.2) is 0 Å². The highest BCUT2D eigenvalue weighted by molar-refractivity contribution is 5.93. The Morgan fingerprint density at radius 1 is 0.867 bits per heavy atom. The van der Waals surface area contributed by atoms with Crippen molar-refractivity contribution in [3.05, 3.63) is 59.9 Å². The van der Waals surface area contributed by atoms with E-state index < -0.39 is 0 Å². The number of likely N-dealkylation sites (N-methyl/N-ethyl adjacent to an activating group) is 1. The topological polar surface area (TPSA) is 90.5 Å². The molecular weight excluding hydrogens is 387 g/mol. The Bertz CT molecular complexity index is 854. The maximum atomic E-state index is 12.9. The highest BCUT2D eigenvalue weighted by Gasteiger charge is 2.13. The molecule has 0 saturated carbocycles. The van der Waals surface area contributed by atoms with Gasteiger partial charge in [-0.15, -0.1) is 0 Å². The monoisotopic (exact) mass is 414 g/mol. The molecule has 0 aliphatic rings. The molecule has 3 amide bonds. The van der Waals surface area contributed by atoms with E-state index in [9.17, 15) is 18.8 Å². The Hall–Kier alpha value is -3.26. The number of nitrogens with zero attached hydrogens (tertiary/aromatic N) is 1. The Morgan fingerprint density at radius 3 is 2.00 bits per heavy atom. The molecule has 160 valence electrons.